The third kappa shape index (κ3) is 3.52. The number of aliphatic carboxylic acids is 1. The molecule has 2 aromatic carbocycles. The van der Waals surface area contributed by atoms with Gasteiger partial charge in [-0.2, -0.15) is 0 Å². The predicted molar refractivity (Wildman–Crippen MR) is 114 cm³/mol. The van der Waals surface area contributed by atoms with Crippen LogP contribution in [-0.2, 0) is 18.4 Å². The number of imidazole rings is 1. The number of benzene rings is 2. The van der Waals surface area contributed by atoms with E-state index in [1.165, 1.54) is 22.0 Å². The quantitative estimate of drug-likeness (QED) is 0.360. The summed E-state index contributed by atoms with van der Waals surface area (Å²) in [5.41, 5.74) is 5.85. The predicted octanol–water partition coefficient (Wildman–Crippen LogP) is 4.84. The number of aryl methyl sites for hydroxylation is 2. The first kappa shape index (κ1) is 18.6. The second-order valence-electron chi connectivity index (χ2n) is 7.05. The van der Waals surface area contributed by atoms with E-state index in [1.807, 2.05) is 18.2 Å². The number of rotatable bonds is 7. The normalized spacial score (nSPS) is 11.5. The van der Waals surface area contributed by atoms with Crippen LogP contribution in [0.25, 0.3) is 21.9 Å². The van der Waals surface area contributed by atoms with Crippen LogP contribution in [0.2, 0.25) is 0 Å². The zero-order chi connectivity index (χ0) is 19.7. The molecule has 0 amide bonds. The van der Waals surface area contributed by atoms with E-state index in [-0.39, 0.29) is 6.42 Å². The fraction of sp³-hybridized carbons (Fsp3) is 0.273. The van der Waals surface area contributed by atoms with Gasteiger partial charge in [-0.1, -0.05) is 36.0 Å². The van der Waals surface area contributed by atoms with Crippen LogP contribution < -0.4 is 0 Å². The number of carbonyl (C=O) groups is 1. The van der Waals surface area contributed by atoms with Gasteiger partial charge >= 0.3 is 5.97 Å². The highest BCUT2D eigenvalue weighted by Crippen LogP contribution is 2.30. The molecule has 2 heterocycles. The molecule has 0 atom stereocenters. The van der Waals surface area contributed by atoms with Crippen molar-refractivity contribution in [3.63, 3.8) is 0 Å². The molecule has 0 fully saturated rings. The molecule has 0 bridgehead atoms. The number of fused-ring (bicyclic) bond motifs is 2. The first-order chi connectivity index (χ1) is 13.5. The summed E-state index contributed by atoms with van der Waals surface area (Å²) in [6.07, 6.45) is 3.03. The average molecular weight is 394 g/mol. The molecular weight excluding hydrogens is 370 g/mol. The average Bonchev–Trinajstić information content (AvgIpc) is 3.18. The van der Waals surface area contributed by atoms with Gasteiger partial charge in [-0.25, -0.2) is 4.98 Å². The third-order valence-corrected chi connectivity index (χ3v) is 6.08. The van der Waals surface area contributed by atoms with Crippen LogP contribution in [0.15, 0.2) is 53.8 Å². The van der Waals surface area contributed by atoms with Crippen molar-refractivity contribution < 1.29 is 9.90 Å². The van der Waals surface area contributed by atoms with Crippen molar-refractivity contribution in [3.05, 3.63) is 59.8 Å². The fourth-order valence-electron chi connectivity index (χ4n) is 3.73. The second-order valence-corrected chi connectivity index (χ2v) is 8.11. The van der Waals surface area contributed by atoms with E-state index >= 15 is 0 Å². The number of nitrogens with zero attached hydrogens (tertiary/aromatic N) is 3. The molecule has 2 aromatic heterocycles. The lowest BCUT2D eigenvalue weighted by Crippen LogP contribution is -2.02. The highest BCUT2D eigenvalue weighted by molar-refractivity contribution is 7.99. The molecule has 0 unspecified atom stereocenters. The third-order valence-electron chi connectivity index (χ3n) is 5.02. The number of hydrogen-bond donors (Lipinski definition) is 1. The van der Waals surface area contributed by atoms with Crippen LogP contribution in [0.3, 0.4) is 0 Å². The minimum Gasteiger partial charge on any atom is -0.481 e. The van der Waals surface area contributed by atoms with Gasteiger partial charge in [0.05, 0.1) is 17.6 Å². The largest absolute Gasteiger partial charge is 0.481 e. The summed E-state index contributed by atoms with van der Waals surface area (Å²) in [4.78, 5) is 15.6. The van der Waals surface area contributed by atoms with Crippen molar-refractivity contribution in [1.82, 2.24) is 14.1 Å². The SMILES string of the molecule is Cc1cccc2c1c(Cn1c(SCCCC(=O)O)nc3ccccc31)cn2C. The molecule has 144 valence electrons. The van der Waals surface area contributed by atoms with E-state index in [9.17, 15) is 4.79 Å². The lowest BCUT2D eigenvalue weighted by molar-refractivity contribution is -0.137. The Hall–Kier alpha value is -2.73. The second kappa shape index (κ2) is 7.72. The summed E-state index contributed by atoms with van der Waals surface area (Å²) in [6, 6.07) is 14.6. The van der Waals surface area contributed by atoms with E-state index in [1.54, 1.807) is 11.8 Å². The van der Waals surface area contributed by atoms with Crippen molar-refractivity contribution in [2.24, 2.45) is 7.05 Å². The molecule has 5 nitrogen and oxygen atoms in total. The number of carboxylic acids is 1. The zero-order valence-corrected chi connectivity index (χ0v) is 16.9. The molecule has 0 saturated heterocycles. The standard InChI is InChI=1S/C22H23N3O2S/c1-15-7-5-10-19-21(15)16(13-24(19)2)14-25-18-9-4-3-8-17(18)23-22(25)28-12-6-11-20(26)27/h3-5,7-10,13H,6,11-12,14H2,1-2H3,(H,26,27). The van der Waals surface area contributed by atoms with Gasteiger partial charge in [-0.3, -0.25) is 4.79 Å². The topological polar surface area (TPSA) is 60.1 Å². The first-order valence-electron chi connectivity index (χ1n) is 9.38. The van der Waals surface area contributed by atoms with E-state index in [0.29, 0.717) is 6.42 Å². The van der Waals surface area contributed by atoms with Gasteiger partial charge in [0.2, 0.25) is 0 Å². The fourth-order valence-corrected chi connectivity index (χ4v) is 4.68. The van der Waals surface area contributed by atoms with Gasteiger partial charge in [0.1, 0.15) is 0 Å². The molecule has 28 heavy (non-hydrogen) atoms. The summed E-state index contributed by atoms with van der Waals surface area (Å²) < 4.78 is 4.43. The maximum atomic E-state index is 10.8. The van der Waals surface area contributed by atoms with E-state index in [0.717, 1.165) is 28.5 Å². The molecule has 0 saturated carbocycles. The Kier molecular flexibility index (Phi) is 5.13. The van der Waals surface area contributed by atoms with Crippen molar-refractivity contribution in [1.29, 1.82) is 0 Å². The molecule has 0 aliphatic rings. The highest BCUT2D eigenvalue weighted by Gasteiger charge is 2.15. The van der Waals surface area contributed by atoms with Gasteiger partial charge < -0.3 is 14.2 Å². The van der Waals surface area contributed by atoms with Crippen LogP contribution in [0.4, 0.5) is 0 Å². The zero-order valence-electron chi connectivity index (χ0n) is 16.1. The minimum atomic E-state index is -0.750. The Labute approximate surface area is 168 Å². The molecule has 0 radical (unpaired) electrons. The Morgan fingerprint density at radius 2 is 1.93 bits per heavy atom. The summed E-state index contributed by atoms with van der Waals surface area (Å²) in [6.45, 7) is 2.89. The number of thioether (sulfide) groups is 1. The van der Waals surface area contributed by atoms with Crippen molar-refractivity contribution in [2.75, 3.05) is 5.75 Å². The Morgan fingerprint density at radius 1 is 1.14 bits per heavy atom. The molecule has 4 aromatic rings. The minimum absolute atomic E-state index is 0.190. The molecule has 0 aliphatic heterocycles. The Bertz CT molecular complexity index is 1160. The van der Waals surface area contributed by atoms with Crippen molar-refractivity contribution >= 4 is 39.7 Å². The molecule has 0 aliphatic carbocycles. The number of hydrogen-bond acceptors (Lipinski definition) is 3. The molecule has 0 spiro atoms. The maximum Gasteiger partial charge on any atom is 0.303 e. The highest BCUT2D eigenvalue weighted by atomic mass is 32.2. The van der Waals surface area contributed by atoms with Crippen LogP contribution in [0.5, 0.6) is 0 Å². The summed E-state index contributed by atoms with van der Waals surface area (Å²) in [5, 5.41) is 11.1. The van der Waals surface area contributed by atoms with E-state index < -0.39 is 5.97 Å². The van der Waals surface area contributed by atoms with Gasteiger partial charge in [0.25, 0.3) is 0 Å². The summed E-state index contributed by atoms with van der Waals surface area (Å²) in [7, 11) is 2.08. The number of para-hydroxylation sites is 2. The first-order valence-corrected chi connectivity index (χ1v) is 10.4. The monoisotopic (exact) mass is 393 g/mol. The smallest absolute Gasteiger partial charge is 0.303 e. The van der Waals surface area contributed by atoms with Crippen molar-refractivity contribution in [3.8, 4) is 0 Å². The maximum absolute atomic E-state index is 10.8. The van der Waals surface area contributed by atoms with Gasteiger partial charge in [-0.15, -0.1) is 0 Å². The number of aromatic nitrogens is 3. The summed E-state index contributed by atoms with van der Waals surface area (Å²) in [5.74, 6) is -0.00943. The van der Waals surface area contributed by atoms with Crippen LogP contribution in [-0.4, -0.2) is 30.9 Å². The lowest BCUT2D eigenvalue weighted by atomic mass is 10.1. The van der Waals surface area contributed by atoms with Crippen molar-refractivity contribution in [2.45, 2.75) is 31.5 Å². The van der Waals surface area contributed by atoms with E-state index in [4.69, 9.17) is 10.1 Å². The number of carboxylic acid groups (broad SMARTS) is 1. The molecule has 1 N–H and O–H groups in total. The summed E-state index contributed by atoms with van der Waals surface area (Å²) >= 11 is 1.63. The van der Waals surface area contributed by atoms with Gasteiger partial charge in [0.15, 0.2) is 5.16 Å². The van der Waals surface area contributed by atoms with Crippen LogP contribution in [0.1, 0.15) is 24.0 Å². The van der Waals surface area contributed by atoms with Gasteiger partial charge in [-0.05, 0) is 42.7 Å². The van der Waals surface area contributed by atoms with Gasteiger partial charge in [0, 0.05) is 36.3 Å². The van der Waals surface area contributed by atoms with E-state index in [2.05, 4.69) is 53.6 Å². The Balaban J connectivity index is 1.72. The van der Waals surface area contributed by atoms with Crippen LogP contribution in [0, 0.1) is 6.92 Å². The molecule has 6 heteroatoms. The Morgan fingerprint density at radius 3 is 2.75 bits per heavy atom. The molecular formula is C22H23N3O2S. The lowest BCUT2D eigenvalue weighted by Gasteiger charge is -2.09. The van der Waals surface area contributed by atoms with Crippen LogP contribution >= 0.6 is 11.8 Å². The molecule has 4 rings (SSSR count).